The first-order chi connectivity index (χ1) is 4.22. The largest absolute Gasteiger partial charge is 0.403 e. The Bertz CT molecular complexity index is 124. The summed E-state index contributed by atoms with van der Waals surface area (Å²) in [7, 11) is 5.55. The smallest absolute Gasteiger partial charge is 0.0699 e. The maximum Gasteiger partial charge on any atom is 0.0699 e. The third-order valence-electron chi connectivity index (χ3n) is 0.949. The fourth-order valence-corrected chi connectivity index (χ4v) is 0.440. The van der Waals surface area contributed by atoms with E-state index in [1.165, 1.54) is 6.20 Å². The van der Waals surface area contributed by atoms with Crippen LogP contribution >= 0.6 is 0 Å². The fourth-order valence-electron chi connectivity index (χ4n) is 0.440. The van der Waals surface area contributed by atoms with E-state index in [4.69, 9.17) is 5.73 Å². The average Bonchev–Trinajstić information content (AvgIpc) is 1.82. The van der Waals surface area contributed by atoms with E-state index in [0.717, 1.165) is 5.70 Å². The predicted octanol–water partition coefficient (Wildman–Crippen LogP) is 0.0487. The zero-order chi connectivity index (χ0) is 7.28. The molecule has 0 aromatic carbocycles. The first-order valence-electron chi connectivity index (χ1n) is 2.73. The van der Waals surface area contributed by atoms with Gasteiger partial charge >= 0.3 is 0 Å². The number of hydrogen-bond donors (Lipinski definition) is 1. The molecule has 52 valence electrons. The summed E-state index contributed by atoms with van der Waals surface area (Å²) in [6.45, 7) is 0. The minimum atomic E-state index is 0.914. The van der Waals surface area contributed by atoms with Crippen LogP contribution in [0.25, 0.3) is 0 Å². The Labute approximate surface area is 55.9 Å². The number of nitrogens with zero attached hydrogens (tertiary/aromatic N) is 2. The monoisotopic (exact) mass is 127 g/mol. The second-order valence-corrected chi connectivity index (χ2v) is 1.87. The molecule has 9 heavy (non-hydrogen) atoms. The van der Waals surface area contributed by atoms with Gasteiger partial charge in [-0.15, -0.1) is 0 Å². The van der Waals surface area contributed by atoms with Gasteiger partial charge < -0.3 is 10.6 Å². The van der Waals surface area contributed by atoms with Gasteiger partial charge in [0.15, 0.2) is 0 Å². The zero-order valence-corrected chi connectivity index (χ0v) is 6.13. The predicted molar refractivity (Wildman–Crippen MR) is 40.4 cm³/mol. The van der Waals surface area contributed by atoms with Crippen LogP contribution in [-0.4, -0.2) is 32.3 Å². The van der Waals surface area contributed by atoms with E-state index in [1.807, 2.05) is 19.0 Å². The van der Waals surface area contributed by atoms with E-state index < -0.39 is 0 Å². The lowest BCUT2D eigenvalue weighted by Gasteiger charge is -2.10. The van der Waals surface area contributed by atoms with E-state index in [9.17, 15) is 0 Å². The maximum atomic E-state index is 5.26. The van der Waals surface area contributed by atoms with Gasteiger partial charge in [0.2, 0.25) is 0 Å². The lowest BCUT2D eigenvalue weighted by atomic mass is 10.5. The second kappa shape index (κ2) is 3.95. The van der Waals surface area contributed by atoms with E-state index in [-0.39, 0.29) is 0 Å². The summed E-state index contributed by atoms with van der Waals surface area (Å²) >= 11 is 0. The fraction of sp³-hybridized carbons (Fsp3) is 0.500. The van der Waals surface area contributed by atoms with Crippen molar-refractivity contribution in [3.8, 4) is 0 Å². The molecule has 0 atom stereocenters. The van der Waals surface area contributed by atoms with Crippen molar-refractivity contribution < 1.29 is 0 Å². The molecule has 0 heterocycles. The molecule has 0 spiro atoms. The molecule has 0 amide bonds. The van der Waals surface area contributed by atoms with E-state index in [2.05, 4.69) is 4.99 Å². The molecule has 3 heteroatoms. The molecule has 0 saturated heterocycles. The van der Waals surface area contributed by atoms with Crippen molar-refractivity contribution >= 4 is 6.21 Å². The van der Waals surface area contributed by atoms with Gasteiger partial charge in [0.25, 0.3) is 0 Å². The van der Waals surface area contributed by atoms with E-state index in [1.54, 1.807) is 13.3 Å². The lowest BCUT2D eigenvalue weighted by molar-refractivity contribution is 0.540. The Morgan fingerprint density at radius 1 is 1.56 bits per heavy atom. The topological polar surface area (TPSA) is 41.6 Å². The molecule has 0 fully saturated rings. The summed E-state index contributed by atoms with van der Waals surface area (Å²) < 4.78 is 0. The Balaban J connectivity index is 4.01. The van der Waals surface area contributed by atoms with Gasteiger partial charge in [0.1, 0.15) is 0 Å². The van der Waals surface area contributed by atoms with Gasteiger partial charge in [-0.05, 0) is 0 Å². The van der Waals surface area contributed by atoms with Crippen LogP contribution in [0.1, 0.15) is 0 Å². The van der Waals surface area contributed by atoms with Gasteiger partial charge in [-0.2, -0.15) is 0 Å². The summed E-state index contributed by atoms with van der Waals surface area (Å²) in [4.78, 5) is 5.71. The molecule has 0 saturated carbocycles. The van der Waals surface area contributed by atoms with Gasteiger partial charge in [-0.1, -0.05) is 0 Å². The van der Waals surface area contributed by atoms with Gasteiger partial charge in [-0.3, -0.25) is 4.99 Å². The third-order valence-corrected chi connectivity index (χ3v) is 0.949. The van der Waals surface area contributed by atoms with Crippen molar-refractivity contribution in [1.29, 1.82) is 0 Å². The van der Waals surface area contributed by atoms with Crippen LogP contribution in [0.15, 0.2) is 16.9 Å². The normalized spacial score (nSPS) is 12.6. The van der Waals surface area contributed by atoms with Crippen LogP contribution in [0.3, 0.4) is 0 Å². The first-order valence-corrected chi connectivity index (χ1v) is 2.73. The van der Waals surface area contributed by atoms with Gasteiger partial charge in [0.05, 0.1) is 5.70 Å². The molecule has 0 aromatic rings. The highest BCUT2D eigenvalue weighted by Crippen LogP contribution is 1.89. The third kappa shape index (κ3) is 2.74. The molecule has 0 radical (unpaired) electrons. The molecule has 0 aliphatic heterocycles. The number of rotatable bonds is 2. The molecule has 0 aliphatic rings. The van der Waals surface area contributed by atoms with Crippen LogP contribution in [-0.2, 0) is 0 Å². The highest BCUT2D eigenvalue weighted by Gasteiger charge is 1.90. The van der Waals surface area contributed by atoms with Crippen LogP contribution in [0, 0.1) is 0 Å². The minimum absolute atomic E-state index is 0.914. The second-order valence-electron chi connectivity index (χ2n) is 1.87. The van der Waals surface area contributed by atoms with E-state index in [0.29, 0.717) is 0 Å². The number of allylic oxidation sites excluding steroid dienone is 1. The quantitative estimate of drug-likeness (QED) is 0.532. The number of aliphatic imine (C=N–C) groups is 1. The van der Waals surface area contributed by atoms with Crippen LogP contribution in [0.5, 0.6) is 0 Å². The Morgan fingerprint density at radius 3 is 2.22 bits per heavy atom. The summed E-state index contributed by atoms with van der Waals surface area (Å²) in [6, 6.07) is 0. The average molecular weight is 127 g/mol. The van der Waals surface area contributed by atoms with Gasteiger partial charge in [-0.25, -0.2) is 0 Å². The van der Waals surface area contributed by atoms with Crippen molar-refractivity contribution in [2.75, 3.05) is 21.1 Å². The molecular weight excluding hydrogens is 114 g/mol. The van der Waals surface area contributed by atoms with Crippen molar-refractivity contribution in [2.45, 2.75) is 0 Å². The molecule has 0 aromatic heterocycles. The summed E-state index contributed by atoms with van der Waals surface area (Å²) in [5.41, 5.74) is 6.18. The molecule has 2 N–H and O–H groups in total. The summed E-state index contributed by atoms with van der Waals surface area (Å²) in [6.07, 6.45) is 3.23. The van der Waals surface area contributed by atoms with E-state index >= 15 is 0 Å². The van der Waals surface area contributed by atoms with Crippen LogP contribution < -0.4 is 5.73 Å². The van der Waals surface area contributed by atoms with Crippen LogP contribution in [0.2, 0.25) is 0 Å². The molecule has 0 bridgehead atoms. The highest BCUT2D eigenvalue weighted by molar-refractivity contribution is 5.77. The lowest BCUT2D eigenvalue weighted by Crippen LogP contribution is -2.13. The standard InChI is InChI=1S/C6H13N3/c1-8-5-6(4-7)9(2)3/h4-5H,7H2,1-3H3. The Morgan fingerprint density at radius 2 is 2.11 bits per heavy atom. The molecule has 3 nitrogen and oxygen atoms in total. The van der Waals surface area contributed by atoms with Crippen molar-refractivity contribution in [2.24, 2.45) is 10.7 Å². The van der Waals surface area contributed by atoms with Crippen molar-refractivity contribution in [3.63, 3.8) is 0 Å². The molecule has 0 rings (SSSR count). The maximum absolute atomic E-state index is 5.26. The van der Waals surface area contributed by atoms with Gasteiger partial charge in [0, 0.05) is 33.6 Å². The molecule has 0 aliphatic carbocycles. The first kappa shape index (κ1) is 8.01. The van der Waals surface area contributed by atoms with Crippen molar-refractivity contribution in [3.05, 3.63) is 11.9 Å². The molecule has 0 unspecified atom stereocenters. The Hall–Kier alpha value is -0.990. The van der Waals surface area contributed by atoms with Crippen molar-refractivity contribution in [1.82, 2.24) is 4.90 Å². The Kier molecular flexibility index (Phi) is 3.51. The number of hydrogen-bond acceptors (Lipinski definition) is 3. The highest BCUT2D eigenvalue weighted by atomic mass is 15.1. The summed E-state index contributed by atoms with van der Waals surface area (Å²) in [5.74, 6) is 0. The number of nitrogens with two attached hydrogens (primary N) is 1. The minimum Gasteiger partial charge on any atom is -0.403 e. The van der Waals surface area contributed by atoms with Crippen LogP contribution in [0.4, 0.5) is 0 Å². The summed E-state index contributed by atoms with van der Waals surface area (Å²) in [5, 5.41) is 0. The molecular formula is C6H13N3. The zero-order valence-electron chi connectivity index (χ0n) is 6.13. The SMILES string of the molecule is CN=CC(=CN)N(C)C.